The summed E-state index contributed by atoms with van der Waals surface area (Å²) in [5, 5.41) is 0.705. The lowest BCUT2D eigenvalue weighted by atomic mass is 10.1. The van der Waals surface area contributed by atoms with Crippen molar-refractivity contribution in [2.75, 3.05) is 18.0 Å². The Bertz CT molecular complexity index is 1380. The number of aromatic nitrogens is 1. The zero-order valence-corrected chi connectivity index (χ0v) is 16.6. The lowest BCUT2D eigenvalue weighted by Gasteiger charge is -2.20. The molecule has 4 rings (SSSR count). The molecule has 4 aromatic rings. The van der Waals surface area contributed by atoms with E-state index in [0.717, 1.165) is 24.8 Å². The van der Waals surface area contributed by atoms with Crippen LogP contribution in [0.3, 0.4) is 0 Å². The van der Waals surface area contributed by atoms with Gasteiger partial charge in [-0.05, 0) is 44.2 Å². The van der Waals surface area contributed by atoms with Crippen LogP contribution in [-0.4, -0.2) is 31.0 Å². The van der Waals surface area contributed by atoms with Gasteiger partial charge in [0.25, 0.3) is 10.1 Å². The number of fused-ring (bicyclic) bond motifs is 2. The third-order valence-corrected chi connectivity index (χ3v) is 5.59. The molecule has 0 atom stereocenters. The van der Waals surface area contributed by atoms with Crippen LogP contribution in [0.15, 0.2) is 61.0 Å². The van der Waals surface area contributed by atoms with E-state index in [0.29, 0.717) is 16.5 Å². The van der Waals surface area contributed by atoms with Gasteiger partial charge >= 0.3 is 5.63 Å². The third kappa shape index (κ3) is 3.50. The zero-order chi connectivity index (χ0) is 20.8. The average Bonchev–Trinajstić information content (AvgIpc) is 3.10. The van der Waals surface area contributed by atoms with Crippen LogP contribution >= 0.6 is 0 Å². The molecule has 0 bridgehead atoms. The molecule has 0 amide bonds. The highest BCUT2D eigenvalue weighted by Gasteiger charge is 2.17. The number of anilines is 1. The largest absolute Gasteiger partial charge is 0.436 e. The van der Waals surface area contributed by atoms with E-state index in [1.54, 1.807) is 6.07 Å². The smallest absolute Gasteiger partial charge is 0.349 e. The molecule has 2 aromatic heterocycles. The maximum Gasteiger partial charge on any atom is 0.349 e. The first-order chi connectivity index (χ1) is 13.8. The van der Waals surface area contributed by atoms with Crippen LogP contribution in [0.4, 0.5) is 5.69 Å². The average molecular weight is 414 g/mol. The Labute approximate surface area is 166 Å². The molecule has 8 nitrogen and oxygen atoms in total. The van der Waals surface area contributed by atoms with E-state index in [4.69, 9.17) is 8.83 Å². The van der Waals surface area contributed by atoms with Crippen molar-refractivity contribution in [2.45, 2.75) is 18.7 Å². The zero-order valence-electron chi connectivity index (χ0n) is 15.7. The maximum absolute atomic E-state index is 12.5. The van der Waals surface area contributed by atoms with Gasteiger partial charge in [0.05, 0.1) is 4.90 Å². The molecule has 2 heterocycles. The van der Waals surface area contributed by atoms with Gasteiger partial charge in [-0.15, -0.1) is 0 Å². The second kappa shape index (κ2) is 7.02. The molecule has 0 aliphatic heterocycles. The molecule has 0 unspecified atom stereocenters. The van der Waals surface area contributed by atoms with E-state index in [9.17, 15) is 17.8 Å². The normalized spacial score (nSPS) is 12.0. The van der Waals surface area contributed by atoms with E-state index in [1.807, 2.05) is 32.0 Å². The van der Waals surface area contributed by atoms with Crippen molar-refractivity contribution in [1.82, 2.24) is 4.98 Å². The Morgan fingerprint density at radius 1 is 1.00 bits per heavy atom. The molecule has 9 heteroatoms. The highest BCUT2D eigenvalue weighted by Crippen LogP contribution is 2.28. The molecule has 0 aliphatic rings. The van der Waals surface area contributed by atoms with E-state index in [-0.39, 0.29) is 21.9 Å². The minimum absolute atomic E-state index is 0.0101. The molecule has 0 spiro atoms. The van der Waals surface area contributed by atoms with Crippen LogP contribution in [-0.2, 0) is 10.1 Å². The first-order valence-corrected chi connectivity index (χ1v) is 10.5. The topological polar surface area (TPSA) is 114 Å². The maximum atomic E-state index is 12.5. The van der Waals surface area contributed by atoms with Gasteiger partial charge in [0, 0.05) is 36.3 Å². The fourth-order valence-corrected chi connectivity index (χ4v) is 3.71. The minimum Gasteiger partial charge on any atom is -0.436 e. The Balaban J connectivity index is 1.82. The summed E-state index contributed by atoms with van der Waals surface area (Å²) in [4.78, 5) is 18.6. The summed E-state index contributed by atoms with van der Waals surface area (Å²) >= 11 is 0. The molecule has 150 valence electrons. The second-order valence-electron chi connectivity index (χ2n) is 6.47. The van der Waals surface area contributed by atoms with Gasteiger partial charge < -0.3 is 13.7 Å². The van der Waals surface area contributed by atoms with Crippen molar-refractivity contribution in [3.63, 3.8) is 0 Å². The van der Waals surface area contributed by atoms with Crippen LogP contribution in [0.1, 0.15) is 13.8 Å². The summed E-state index contributed by atoms with van der Waals surface area (Å²) in [6.45, 7) is 5.76. The molecule has 2 aromatic carbocycles. The van der Waals surface area contributed by atoms with Gasteiger partial charge in [-0.25, -0.2) is 9.78 Å². The van der Waals surface area contributed by atoms with Crippen LogP contribution in [0.5, 0.6) is 0 Å². The number of benzene rings is 2. The van der Waals surface area contributed by atoms with Crippen molar-refractivity contribution in [3.8, 4) is 11.5 Å². The minimum atomic E-state index is -4.37. The SMILES string of the molecule is CCN(CC)c1ccc2cc(-c3nc4ccc(S(=O)(=O)O)cc4o3)c(=O)oc2c1. The quantitative estimate of drug-likeness (QED) is 0.388. The molecule has 0 aliphatic carbocycles. The predicted molar refractivity (Wildman–Crippen MR) is 109 cm³/mol. The highest BCUT2D eigenvalue weighted by molar-refractivity contribution is 7.85. The Morgan fingerprint density at radius 3 is 2.45 bits per heavy atom. The molecular formula is C20H18N2O6S. The lowest BCUT2D eigenvalue weighted by molar-refractivity contribution is 0.483. The van der Waals surface area contributed by atoms with Gasteiger partial charge in [0.1, 0.15) is 16.7 Å². The fraction of sp³-hybridized carbons (Fsp3) is 0.200. The summed E-state index contributed by atoms with van der Waals surface area (Å²) in [7, 11) is -4.37. The van der Waals surface area contributed by atoms with Crippen molar-refractivity contribution in [1.29, 1.82) is 0 Å². The summed E-state index contributed by atoms with van der Waals surface area (Å²) in [6, 6.07) is 11.0. The summed E-state index contributed by atoms with van der Waals surface area (Å²) < 4.78 is 42.8. The van der Waals surface area contributed by atoms with E-state index in [1.165, 1.54) is 12.1 Å². The Hall–Kier alpha value is -3.17. The molecule has 0 radical (unpaired) electrons. The number of hydrogen-bond donors (Lipinski definition) is 1. The van der Waals surface area contributed by atoms with Gasteiger partial charge in [0.2, 0.25) is 5.89 Å². The van der Waals surface area contributed by atoms with Gasteiger partial charge in [-0.1, -0.05) is 0 Å². The summed E-state index contributed by atoms with van der Waals surface area (Å²) in [6.07, 6.45) is 0. The molecule has 1 N–H and O–H groups in total. The predicted octanol–water partition coefficient (Wildman–Crippen LogP) is 3.69. The molecule has 0 fully saturated rings. The summed E-state index contributed by atoms with van der Waals surface area (Å²) in [5.41, 5.74) is 1.40. The lowest BCUT2D eigenvalue weighted by Crippen LogP contribution is -2.21. The molecular weight excluding hydrogens is 396 g/mol. The highest BCUT2D eigenvalue weighted by atomic mass is 32.2. The van der Waals surface area contributed by atoms with Crippen LogP contribution in [0.25, 0.3) is 33.5 Å². The first-order valence-electron chi connectivity index (χ1n) is 9.01. The van der Waals surface area contributed by atoms with E-state index >= 15 is 0 Å². The molecule has 0 saturated heterocycles. The number of rotatable bonds is 5. The van der Waals surface area contributed by atoms with Crippen LogP contribution in [0.2, 0.25) is 0 Å². The fourth-order valence-electron chi connectivity index (χ4n) is 3.22. The molecule has 29 heavy (non-hydrogen) atoms. The Morgan fingerprint density at radius 2 is 1.76 bits per heavy atom. The second-order valence-corrected chi connectivity index (χ2v) is 7.89. The van der Waals surface area contributed by atoms with Crippen LogP contribution in [0, 0.1) is 0 Å². The number of hydrogen-bond acceptors (Lipinski definition) is 7. The van der Waals surface area contributed by atoms with E-state index < -0.39 is 15.7 Å². The van der Waals surface area contributed by atoms with Gasteiger partial charge in [-0.3, -0.25) is 4.55 Å². The standard InChI is InChI=1S/C20H18N2O6S/c1-3-22(4-2)13-6-5-12-9-15(20(23)28-17(12)10-13)19-21-16-8-7-14(29(24,25)26)11-18(16)27-19/h5-11H,3-4H2,1-2H3,(H,24,25,26). The Kier molecular flexibility index (Phi) is 4.64. The molecule has 0 saturated carbocycles. The van der Waals surface area contributed by atoms with E-state index in [2.05, 4.69) is 9.88 Å². The third-order valence-electron chi connectivity index (χ3n) is 4.74. The van der Waals surface area contributed by atoms with Crippen molar-refractivity contribution in [2.24, 2.45) is 0 Å². The number of nitrogens with zero attached hydrogens (tertiary/aromatic N) is 2. The van der Waals surface area contributed by atoms with Crippen molar-refractivity contribution >= 4 is 37.9 Å². The monoisotopic (exact) mass is 414 g/mol. The van der Waals surface area contributed by atoms with Gasteiger partial charge in [0.15, 0.2) is 5.58 Å². The van der Waals surface area contributed by atoms with Crippen molar-refractivity contribution in [3.05, 3.63) is 52.9 Å². The van der Waals surface area contributed by atoms with Crippen LogP contribution < -0.4 is 10.5 Å². The number of oxazole rings is 1. The first kappa shape index (κ1) is 19.2. The van der Waals surface area contributed by atoms with Crippen molar-refractivity contribution < 1.29 is 21.8 Å². The summed E-state index contributed by atoms with van der Waals surface area (Å²) in [5.74, 6) is 0.0101. The van der Waals surface area contributed by atoms with Gasteiger partial charge in [-0.2, -0.15) is 8.42 Å².